The Hall–Kier alpha value is -0.690. The summed E-state index contributed by atoms with van der Waals surface area (Å²) in [5.41, 5.74) is 5.68. The van der Waals surface area contributed by atoms with Crippen molar-refractivity contribution in [2.24, 2.45) is 11.8 Å². The molecule has 1 nitrogen and oxygen atoms in total. The summed E-state index contributed by atoms with van der Waals surface area (Å²) in [5, 5.41) is 0. The molecule has 0 radical (unpaired) electrons. The van der Waals surface area contributed by atoms with E-state index in [9.17, 15) is 0 Å². The smallest absolute Gasteiger partial charge is 0.0588 e. The standard InChI is InChI=1S/C20H30IN/c1-7-10-11-19(17(6)18-12-13-18)20(22(21)9-3)16(5)14-15(4)8-2/h8,15-16H,2,7,9,12-14H2,1,3-6H3/b20-19-. The van der Waals surface area contributed by atoms with Gasteiger partial charge in [0.05, 0.1) is 22.9 Å². The van der Waals surface area contributed by atoms with Crippen molar-refractivity contribution >= 4 is 22.9 Å². The van der Waals surface area contributed by atoms with Gasteiger partial charge in [0.2, 0.25) is 0 Å². The van der Waals surface area contributed by atoms with Gasteiger partial charge in [0.15, 0.2) is 0 Å². The van der Waals surface area contributed by atoms with E-state index in [0.717, 1.165) is 19.4 Å². The minimum absolute atomic E-state index is 0.486. The van der Waals surface area contributed by atoms with Crippen LogP contribution in [0.2, 0.25) is 0 Å². The first-order chi connectivity index (χ1) is 10.5. The lowest BCUT2D eigenvalue weighted by molar-refractivity contribution is 0.452. The van der Waals surface area contributed by atoms with Crippen molar-refractivity contribution in [3.63, 3.8) is 0 Å². The first kappa shape index (κ1) is 19.4. The Bertz CT molecular complexity index is 510. The molecule has 0 aromatic rings. The molecule has 0 aromatic heterocycles. The van der Waals surface area contributed by atoms with Gasteiger partial charge in [0.25, 0.3) is 0 Å². The summed E-state index contributed by atoms with van der Waals surface area (Å²) >= 11 is 2.44. The van der Waals surface area contributed by atoms with Crippen molar-refractivity contribution in [2.75, 3.05) is 6.54 Å². The van der Waals surface area contributed by atoms with Crippen LogP contribution in [0.1, 0.15) is 60.3 Å². The minimum Gasteiger partial charge on any atom is -0.317 e. The Morgan fingerprint density at radius 2 is 2.00 bits per heavy atom. The highest BCUT2D eigenvalue weighted by atomic mass is 127. The highest BCUT2D eigenvalue weighted by Gasteiger charge is 2.24. The molecule has 0 heterocycles. The van der Waals surface area contributed by atoms with E-state index in [1.54, 1.807) is 5.57 Å². The third kappa shape index (κ3) is 5.50. The largest absolute Gasteiger partial charge is 0.317 e. The first-order valence-electron chi connectivity index (χ1n) is 8.44. The third-order valence-corrected chi connectivity index (χ3v) is 5.39. The molecule has 2 atom stereocenters. The molecule has 0 amide bonds. The maximum absolute atomic E-state index is 3.94. The summed E-state index contributed by atoms with van der Waals surface area (Å²) in [5.74, 6) is 7.79. The number of hydrogen-bond donors (Lipinski definition) is 0. The molecule has 0 saturated heterocycles. The Balaban J connectivity index is 3.32. The van der Waals surface area contributed by atoms with Crippen LogP contribution in [-0.2, 0) is 0 Å². The van der Waals surface area contributed by atoms with Gasteiger partial charge >= 0.3 is 0 Å². The molecule has 1 rings (SSSR count). The molecule has 0 aromatic carbocycles. The number of rotatable bonds is 7. The molecule has 1 saturated carbocycles. The summed E-state index contributed by atoms with van der Waals surface area (Å²) < 4.78 is 2.35. The number of hydrogen-bond acceptors (Lipinski definition) is 1. The van der Waals surface area contributed by atoms with E-state index in [1.807, 2.05) is 0 Å². The molecule has 122 valence electrons. The maximum atomic E-state index is 3.94. The second kappa shape index (κ2) is 9.45. The summed E-state index contributed by atoms with van der Waals surface area (Å²) in [6.45, 7) is 16.1. The van der Waals surface area contributed by atoms with Crippen LogP contribution in [0.15, 0.2) is 35.1 Å². The Kier molecular flexibility index (Phi) is 8.31. The van der Waals surface area contributed by atoms with Crippen LogP contribution in [0.3, 0.4) is 0 Å². The zero-order valence-electron chi connectivity index (χ0n) is 14.8. The third-order valence-electron chi connectivity index (χ3n) is 4.19. The summed E-state index contributed by atoms with van der Waals surface area (Å²) in [4.78, 5) is 0. The van der Waals surface area contributed by atoms with Crippen LogP contribution in [0.4, 0.5) is 0 Å². The second-order valence-corrected chi connectivity index (χ2v) is 7.34. The topological polar surface area (TPSA) is 3.24 Å². The normalized spacial score (nSPS) is 16.9. The van der Waals surface area contributed by atoms with Gasteiger partial charge in [-0.05, 0) is 50.5 Å². The van der Waals surface area contributed by atoms with Crippen LogP contribution >= 0.6 is 22.9 Å². The lowest BCUT2D eigenvalue weighted by Gasteiger charge is -2.28. The molecule has 22 heavy (non-hydrogen) atoms. The van der Waals surface area contributed by atoms with Crippen LogP contribution < -0.4 is 0 Å². The minimum atomic E-state index is 0.486. The highest BCUT2D eigenvalue weighted by molar-refractivity contribution is 14.1. The molecule has 1 aliphatic carbocycles. The monoisotopic (exact) mass is 411 g/mol. The first-order valence-corrected chi connectivity index (χ1v) is 9.40. The van der Waals surface area contributed by atoms with Gasteiger partial charge in [-0.25, -0.2) is 0 Å². The molecule has 2 heteroatoms. The van der Waals surface area contributed by atoms with Gasteiger partial charge in [-0.3, -0.25) is 0 Å². The molecular weight excluding hydrogens is 381 g/mol. The zero-order valence-corrected chi connectivity index (χ0v) is 17.0. The summed E-state index contributed by atoms with van der Waals surface area (Å²) in [6, 6.07) is 0. The van der Waals surface area contributed by atoms with Crippen molar-refractivity contribution in [1.82, 2.24) is 3.11 Å². The van der Waals surface area contributed by atoms with Crippen molar-refractivity contribution in [1.29, 1.82) is 0 Å². The molecule has 0 N–H and O–H groups in total. The molecule has 0 spiro atoms. The summed E-state index contributed by atoms with van der Waals surface area (Å²) in [7, 11) is 0. The Morgan fingerprint density at radius 1 is 1.36 bits per heavy atom. The lowest BCUT2D eigenvalue weighted by atomic mass is 9.90. The fourth-order valence-electron chi connectivity index (χ4n) is 2.68. The lowest BCUT2D eigenvalue weighted by Crippen LogP contribution is -2.20. The Morgan fingerprint density at radius 3 is 2.45 bits per heavy atom. The maximum Gasteiger partial charge on any atom is 0.0588 e. The molecular formula is C20H30IN. The van der Waals surface area contributed by atoms with E-state index in [1.165, 1.54) is 29.7 Å². The highest BCUT2D eigenvalue weighted by Crippen LogP contribution is 2.38. The quantitative estimate of drug-likeness (QED) is 0.206. The van der Waals surface area contributed by atoms with E-state index in [4.69, 9.17) is 0 Å². The fourth-order valence-corrected chi connectivity index (χ4v) is 3.40. The number of allylic oxidation sites excluding steroid dienone is 5. The van der Waals surface area contributed by atoms with Crippen LogP contribution in [0, 0.1) is 23.7 Å². The van der Waals surface area contributed by atoms with Crippen LogP contribution in [0.25, 0.3) is 0 Å². The molecule has 2 unspecified atom stereocenters. The van der Waals surface area contributed by atoms with E-state index >= 15 is 0 Å². The predicted octanol–water partition coefficient (Wildman–Crippen LogP) is 6.28. The molecule has 0 aliphatic heterocycles. The van der Waals surface area contributed by atoms with Gasteiger partial charge < -0.3 is 3.11 Å². The SMILES string of the molecule is C=CC(C)CC(C)/C(=C(\C#CCC)C(C)=C1CC1)N(I)CC. The van der Waals surface area contributed by atoms with Crippen LogP contribution in [-0.4, -0.2) is 9.66 Å². The van der Waals surface area contributed by atoms with E-state index in [2.05, 4.69) is 85.1 Å². The van der Waals surface area contributed by atoms with Gasteiger partial charge in [0.1, 0.15) is 0 Å². The number of nitrogens with zero attached hydrogens (tertiary/aromatic N) is 1. The van der Waals surface area contributed by atoms with Gasteiger partial charge in [-0.1, -0.05) is 44.3 Å². The van der Waals surface area contributed by atoms with Crippen molar-refractivity contribution in [3.8, 4) is 11.8 Å². The van der Waals surface area contributed by atoms with Crippen molar-refractivity contribution < 1.29 is 0 Å². The van der Waals surface area contributed by atoms with Crippen molar-refractivity contribution in [3.05, 3.63) is 35.1 Å². The average Bonchev–Trinajstić information content (AvgIpc) is 3.34. The number of halogens is 1. The van der Waals surface area contributed by atoms with E-state index < -0.39 is 0 Å². The summed E-state index contributed by atoms with van der Waals surface area (Å²) in [6.07, 6.45) is 6.59. The molecule has 0 bridgehead atoms. The van der Waals surface area contributed by atoms with E-state index in [-0.39, 0.29) is 0 Å². The molecule has 1 aliphatic rings. The van der Waals surface area contributed by atoms with E-state index in [0.29, 0.717) is 11.8 Å². The van der Waals surface area contributed by atoms with Gasteiger partial charge in [0, 0.05) is 24.2 Å². The average molecular weight is 411 g/mol. The van der Waals surface area contributed by atoms with Gasteiger partial charge in [-0.15, -0.1) is 6.58 Å². The van der Waals surface area contributed by atoms with Crippen LogP contribution in [0.5, 0.6) is 0 Å². The van der Waals surface area contributed by atoms with Gasteiger partial charge in [-0.2, -0.15) is 0 Å². The second-order valence-electron chi connectivity index (χ2n) is 6.17. The molecule has 1 fully saturated rings. The fraction of sp³-hybridized carbons (Fsp3) is 0.600. The van der Waals surface area contributed by atoms with Crippen molar-refractivity contribution in [2.45, 2.75) is 60.3 Å². The predicted molar refractivity (Wildman–Crippen MR) is 107 cm³/mol. The Labute approximate surface area is 151 Å². The zero-order chi connectivity index (χ0) is 16.7.